The molecule has 0 radical (unpaired) electrons. The van der Waals surface area contributed by atoms with E-state index < -0.39 is 0 Å². The van der Waals surface area contributed by atoms with E-state index in [9.17, 15) is 0 Å². The van der Waals surface area contributed by atoms with Gasteiger partial charge in [0.2, 0.25) is 6.33 Å². The first-order valence-electron chi connectivity index (χ1n) is 7.28. The number of furan rings is 1. The van der Waals surface area contributed by atoms with Crippen molar-refractivity contribution in [1.82, 2.24) is 19.1 Å². The molecule has 0 spiro atoms. The molecule has 0 bridgehead atoms. The van der Waals surface area contributed by atoms with Crippen LogP contribution in [-0.4, -0.2) is 19.1 Å². The van der Waals surface area contributed by atoms with Crippen molar-refractivity contribution in [2.24, 2.45) is 7.05 Å². The number of fused-ring (bicyclic) bond motifs is 3. The van der Waals surface area contributed by atoms with E-state index in [-0.39, 0.29) is 0 Å². The summed E-state index contributed by atoms with van der Waals surface area (Å²) in [5.41, 5.74) is 4.81. The Balaban J connectivity index is 1.83. The van der Waals surface area contributed by atoms with Gasteiger partial charge in [0.05, 0.1) is 36.4 Å². The number of imidazole rings is 2. The van der Waals surface area contributed by atoms with Crippen LogP contribution >= 0.6 is 0 Å². The zero-order valence-corrected chi connectivity index (χ0v) is 12.4. The predicted molar refractivity (Wildman–Crippen MR) is 84.5 cm³/mol. The molecule has 112 valence electrons. The summed E-state index contributed by atoms with van der Waals surface area (Å²) < 4.78 is 11.6. The number of hydrogen-bond donors (Lipinski definition) is 1. The van der Waals surface area contributed by atoms with Crippen molar-refractivity contribution in [2.75, 3.05) is 0 Å². The summed E-state index contributed by atoms with van der Waals surface area (Å²) in [4.78, 5) is 7.63. The van der Waals surface area contributed by atoms with Crippen LogP contribution in [0.3, 0.4) is 0 Å². The van der Waals surface area contributed by atoms with E-state index in [1.54, 1.807) is 18.8 Å². The van der Waals surface area contributed by atoms with Gasteiger partial charge in [0.15, 0.2) is 5.58 Å². The maximum Gasteiger partial charge on any atom is 0.243 e. The highest BCUT2D eigenvalue weighted by atomic mass is 16.3. The fourth-order valence-corrected chi connectivity index (χ4v) is 2.99. The van der Waals surface area contributed by atoms with E-state index in [2.05, 4.69) is 28.4 Å². The van der Waals surface area contributed by atoms with Gasteiger partial charge in [-0.15, -0.1) is 0 Å². The average Bonchev–Trinajstić information content (AvgIpc) is 3.31. The van der Waals surface area contributed by atoms with Crippen LogP contribution in [0.25, 0.3) is 33.4 Å². The fraction of sp³-hybridized carbons (Fsp3) is 0.0588. The van der Waals surface area contributed by atoms with Gasteiger partial charge >= 0.3 is 0 Å². The van der Waals surface area contributed by atoms with Crippen molar-refractivity contribution in [3.8, 4) is 11.4 Å². The normalized spacial score (nSPS) is 11.7. The molecule has 4 heterocycles. The van der Waals surface area contributed by atoms with Crippen LogP contribution in [0, 0.1) is 6.33 Å². The van der Waals surface area contributed by atoms with Gasteiger partial charge in [0.25, 0.3) is 0 Å². The van der Waals surface area contributed by atoms with Gasteiger partial charge in [0, 0.05) is 30.2 Å². The Kier molecular flexibility index (Phi) is 2.33. The summed E-state index contributed by atoms with van der Waals surface area (Å²) in [5, 5.41) is 1.05. The molecule has 0 atom stereocenters. The van der Waals surface area contributed by atoms with Crippen molar-refractivity contribution in [3.05, 3.63) is 61.9 Å². The number of nitrogens with zero attached hydrogens (tertiary/aromatic N) is 4. The number of rotatable bonds is 2. The Morgan fingerprint density at radius 3 is 2.96 bits per heavy atom. The zero-order valence-electron chi connectivity index (χ0n) is 12.4. The average molecular weight is 303 g/mol. The van der Waals surface area contributed by atoms with Gasteiger partial charge in [-0.2, -0.15) is 0 Å². The summed E-state index contributed by atoms with van der Waals surface area (Å²) >= 11 is 0. The summed E-state index contributed by atoms with van der Waals surface area (Å²) in [5.74, 6) is 0. The van der Waals surface area contributed by atoms with Crippen molar-refractivity contribution in [1.29, 1.82) is 0 Å². The number of hydrogen-bond acceptors (Lipinski definition) is 2. The first-order chi connectivity index (χ1) is 11.3. The Labute approximate surface area is 131 Å². The quantitative estimate of drug-likeness (QED) is 0.402. The standard InChI is InChI=1S/C17H13N5O/c1-20-7-8-22(11-20)14-9-23-17-12-3-2-4-13(15(12)19-16(14)17)21-6-5-18-10-21/h2-10,19H,1H3. The number of H-pyrrole nitrogens is 1. The van der Waals surface area contributed by atoms with Crippen LogP contribution in [-0.2, 0) is 7.05 Å². The molecule has 6 heteroatoms. The van der Waals surface area contributed by atoms with E-state index in [1.807, 2.05) is 45.4 Å². The van der Waals surface area contributed by atoms with Crippen LogP contribution in [0.1, 0.15) is 0 Å². The van der Waals surface area contributed by atoms with E-state index in [0.29, 0.717) is 0 Å². The summed E-state index contributed by atoms with van der Waals surface area (Å²) in [7, 11) is 1.94. The maximum absolute atomic E-state index is 5.83. The molecule has 1 N–H and O–H groups in total. The molecule has 23 heavy (non-hydrogen) atoms. The van der Waals surface area contributed by atoms with E-state index >= 15 is 0 Å². The maximum atomic E-state index is 5.83. The lowest BCUT2D eigenvalue weighted by Crippen LogP contribution is -2.24. The second-order valence-electron chi connectivity index (χ2n) is 5.50. The third-order valence-electron chi connectivity index (χ3n) is 4.06. The number of aromatic amines is 1. The minimum absolute atomic E-state index is 0.849. The minimum Gasteiger partial charge on any atom is -0.468 e. The number of aryl methyl sites for hydroxylation is 1. The summed E-state index contributed by atoms with van der Waals surface area (Å²) in [6.07, 6.45) is 14.3. The van der Waals surface area contributed by atoms with E-state index in [1.165, 1.54) is 0 Å². The largest absolute Gasteiger partial charge is 0.468 e. The number of nitrogens with one attached hydrogen (secondary N) is 1. The monoisotopic (exact) mass is 303 g/mol. The van der Waals surface area contributed by atoms with Gasteiger partial charge in [0.1, 0.15) is 5.69 Å². The lowest BCUT2D eigenvalue weighted by molar-refractivity contribution is -0.674. The second-order valence-corrected chi connectivity index (χ2v) is 5.50. The number of para-hydroxylation sites is 1. The number of benzene rings is 1. The molecule has 0 aliphatic carbocycles. The molecule has 5 aromatic rings. The third-order valence-corrected chi connectivity index (χ3v) is 4.06. The molecule has 0 aliphatic heterocycles. The van der Waals surface area contributed by atoms with Crippen molar-refractivity contribution < 1.29 is 8.98 Å². The van der Waals surface area contributed by atoms with Crippen LogP contribution in [0.2, 0.25) is 0 Å². The fourth-order valence-electron chi connectivity index (χ4n) is 2.99. The van der Waals surface area contributed by atoms with Gasteiger partial charge < -0.3 is 23.1 Å². The Hall–Kier alpha value is -3.28. The van der Waals surface area contributed by atoms with Crippen molar-refractivity contribution >= 4 is 22.0 Å². The topological polar surface area (TPSA) is 55.6 Å². The molecule has 0 amide bonds. The Bertz CT molecular complexity index is 1130. The highest BCUT2D eigenvalue weighted by Gasteiger charge is 2.15. The Morgan fingerprint density at radius 1 is 1.22 bits per heavy atom. The molecule has 0 unspecified atom stereocenters. The smallest absolute Gasteiger partial charge is 0.243 e. The van der Waals surface area contributed by atoms with Crippen molar-refractivity contribution in [3.63, 3.8) is 0 Å². The molecule has 0 aliphatic rings. The molecule has 5 rings (SSSR count). The highest BCUT2D eigenvalue weighted by molar-refractivity contribution is 6.09. The SMILES string of the molecule is C[n+]1[c-]n(-c2coc3c2[nH]c2c(-n4ccnc4)cccc23)cc1. The molecule has 6 nitrogen and oxygen atoms in total. The molecule has 4 aromatic heterocycles. The molecule has 1 aromatic carbocycles. The van der Waals surface area contributed by atoms with Gasteiger partial charge in [-0.25, -0.2) is 4.98 Å². The van der Waals surface area contributed by atoms with Gasteiger partial charge in [-0.1, -0.05) is 6.07 Å². The van der Waals surface area contributed by atoms with Crippen LogP contribution in [0.4, 0.5) is 0 Å². The van der Waals surface area contributed by atoms with Crippen molar-refractivity contribution in [2.45, 2.75) is 0 Å². The molecule has 0 saturated carbocycles. The summed E-state index contributed by atoms with van der Waals surface area (Å²) in [6, 6.07) is 6.14. The molecular weight excluding hydrogens is 290 g/mol. The lowest BCUT2D eigenvalue weighted by atomic mass is 10.2. The third kappa shape index (κ3) is 1.69. The van der Waals surface area contributed by atoms with E-state index in [4.69, 9.17) is 4.42 Å². The zero-order chi connectivity index (χ0) is 15.4. The lowest BCUT2D eigenvalue weighted by Gasteiger charge is -2.03. The van der Waals surface area contributed by atoms with Crippen LogP contribution in [0.5, 0.6) is 0 Å². The first-order valence-corrected chi connectivity index (χ1v) is 7.28. The number of aromatic nitrogens is 5. The molecule has 0 saturated heterocycles. The van der Waals surface area contributed by atoms with Gasteiger partial charge in [-0.05, 0) is 12.1 Å². The van der Waals surface area contributed by atoms with Crippen LogP contribution in [0.15, 0.2) is 60.0 Å². The summed E-state index contributed by atoms with van der Waals surface area (Å²) in [6.45, 7) is 0. The van der Waals surface area contributed by atoms with E-state index in [0.717, 1.165) is 33.4 Å². The first kappa shape index (κ1) is 12.3. The predicted octanol–water partition coefficient (Wildman–Crippen LogP) is 2.52. The Morgan fingerprint density at radius 2 is 2.17 bits per heavy atom. The molecular formula is C17H13N5O. The van der Waals surface area contributed by atoms with Gasteiger partial charge in [-0.3, -0.25) is 0 Å². The van der Waals surface area contributed by atoms with Crippen LogP contribution < -0.4 is 4.57 Å². The molecule has 0 fully saturated rings. The minimum atomic E-state index is 0.849. The second kappa shape index (κ2) is 4.36. The highest BCUT2D eigenvalue weighted by Crippen LogP contribution is 2.33.